The third kappa shape index (κ3) is 3.59. The molecule has 0 amide bonds. The highest BCUT2D eigenvalue weighted by molar-refractivity contribution is 6.19. The molecule has 0 unspecified atom stereocenters. The molecule has 5 rings (SSSR count). The Bertz CT molecular complexity index is 1700. The lowest BCUT2D eigenvalue weighted by Crippen LogP contribution is -2.12. The summed E-state index contributed by atoms with van der Waals surface area (Å²) in [4.78, 5) is 27.5. The maximum Gasteiger partial charge on any atom is 0.353 e. The van der Waals surface area contributed by atoms with Crippen LogP contribution in [0.4, 0.5) is 14.5 Å². The first-order valence-electron chi connectivity index (χ1n) is 10.7. The fourth-order valence-corrected chi connectivity index (χ4v) is 4.53. The van der Waals surface area contributed by atoms with E-state index in [0.29, 0.717) is 16.3 Å². The largest absolute Gasteiger partial charge is 0.481 e. The molecule has 0 saturated carbocycles. The first kappa shape index (κ1) is 22.9. The molecule has 0 saturated heterocycles. The van der Waals surface area contributed by atoms with Crippen LogP contribution in [0.1, 0.15) is 16.1 Å². The summed E-state index contributed by atoms with van der Waals surface area (Å²) in [7, 11) is 1.39. The lowest BCUT2D eigenvalue weighted by Gasteiger charge is -2.11. The first-order valence-corrected chi connectivity index (χ1v) is 10.7. The summed E-state index contributed by atoms with van der Waals surface area (Å²) in [5.74, 6) is -2.57. The first-order chi connectivity index (χ1) is 17.3. The second kappa shape index (κ2) is 8.73. The van der Waals surface area contributed by atoms with Gasteiger partial charge in [0.1, 0.15) is 17.3 Å². The van der Waals surface area contributed by atoms with Crippen LogP contribution in [0.2, 0.25) is 0 Å². The van der Waals surface area contributed by atoms with Gasteiger partial charge in [-0.1, -0.05) is 24.3 Å². The van der Waals surface area contributed by atoms with Crippen LogP contribution < -0.4 is 4.74 Å². The van der Waals surface area contributed by atoms with Crippen LogP contribution in [0, 0.1) is 21.7 Å². The van der Waals surface area contributed by atoms with E-state index < -0.39 is 29.1 Å². The second-order valence-electron chi connectivity index (χ2n) is 8.01. The van der Waals surface area contributed by atoms with E-state index in [2.05, 4.69) is 4.98 Å². The number of carboxylic acids is 1. The van der Waals surface area contributed by atoms with Gasteiger partial charge >= 0.3 is 5.97 Å². The zero-order valence-electron chi connectivity index (χ0n) is 18.7. The number of nitro benzene ring substituents is 1. The molecule has 0 bridgehead atoms. The van der Waals surface area contributed by atoms with Gasteiger partial charge < -0.3 is 14.4 Å². The van der Waals surface area contributed by atoms with Crippen molar-refractivity contribution in [1.82, 2.24) is 9.55 Å². The fourth-order valence-electron chi connectivity index (χ4n) is 4.53. The van der Waals surface area contributed by atoms with Crippen LogP contribution in [-0.4, -0.2) is 32.7 Å². The van der Waals surface area contributed by atoms with Crippen molar-refractivity contribution in [2.45, 2.75) is 6.54 Å². The van der Waals surface area contributed by atoms with E-state index in [1.807, 2.05) is 0 Å². The lowest BCUT2D eigenvalue weighted by molar-refractivity contribution is -0.385. The number of ether oxygens (including phenoxy) is 1. The summed E-state index contributed by atoms with van der Waals surface area (Å²) >= 11 is 0. The summed E-state index contributed by atoms with van der Waals surface area (Å²) in [5.41, 5.74) is -0.0114. The molecule has 8 nitrogen and oxygen atoms in total. The van der Waals surface area contributed by atoms with E-state index in [-0.39, 0.29) is 39.3 Å². The minimum absolute atomic E-state index is 0.123. The van der Waals surface area contributed by atoms with Crippen molar-refractivity contribution in [3.05, 3.63) is 99.9 Å². The number of hydrogen-bond donors (Lipinski definition) is 1. The standard InChI is InChI=1S/C26H17F2N3O5/c1-36-25-18(7-4-10-29-25)23-22-17-6-3-2-5-16(17)20(28)12-21(22)30(24(23)26(32)33)13-14-11-15(31(34)35)8-9-19(14)27/h2-12H,13H2,1H3,(H,32,33). The minimum atomic E-state index is -1.36. The highest BCUT2D eigenvalue weighted by Crippen LogP contribution is 2.43. The predicted molar refractivity (Wildman–Crippen MR) is 128 cm³/mol. The van der Waals surface area contributed by atoms with Gasteiger partial charge in [0.25, 0.3) is 5.69 Å². The molecule has 2 aromatic heterocycles. The summed E-state index contributed by atoms with van der Waals surface area (Å²) in [5, 5.41) is 22.7. The molecule has 0 atom stereocenters. The maximum atomic E-state index is 15.2. The summed E-state index contributed by atoms with van der Waals surface area (Å²) in [6, 6.07) is 14.0. The van der Waals surface area contributed by atoms with Gasteiger partial charge in [0.15, 0.2) is 0 Å². The zero-order valence-corrected chi connectivity index (χ0v) is 18.7. The van der Waals surface area contributed by atoms with Gasteiger partial charge in [-0.2, -0.15) is 0 Å². The number of nitrogens with zero attached hydrogens (tertiary/aromatic N) is 3. The molecule has 10 heteroatoms. The number of aromatic nitrogens is 2. The number of non-ortho nitro benzene ring substituents is 1. The van der Waals surface area contributed by atoms with Crippen LogP contribution in [0.25, 0.3) is 32.8 Å². The number of carboxylic acid groups (broad SMARTS) is 1. The predicted octanol–water partition coefficient (Wildman–Crippen LogP) is 5.80. The molecule has 1 N–H and O–H groups in total. The number of nitro groups is 1. The number of benzene rings is 3. The SMILES string of the molecule is COc1ncccc1-c1c(C(=O)O)n(Cc2cc([N+](=O)[O-])ccc2F)c2cc(F)c3ccccc3c12. The molecule has 180 valence electrons. The Morgan fingerprint density at radius 3 is 2.53 bits per heavy atom. The fraction of sp³-hybridized carbons (Fsp3) is 0.0769. The number of carbonyl (C=O) groups is 1. The molecular formula is C26H17F2N3O5. The molecule has 0 aliphatic carbocycles. The average Bonchev–Trinajstić information content (AvgIpc) is 3.19. The Labute approximate surface area is 202 Å². The van der Waals surface area contributed by atoms with Crippen LogP contribution >= 0.6 is 0 Å². The van der Waals surface area contributed by atoms with Crippen molar-refractivity contribution in [1.29, 1.82) is 0 Å². The van der Waals surface area contributed by atoms with Gasteiger partial charge in [-0.05, 0) is 29.7 Å². The molecule has 36 heavy (non-hydrogen) atoms. The third-order valence-electron chi connectivity index (χ3n) is 6.03. The highest BCUT2D eigenvalue weighted by atomic mass is 19.1. The molecule has 0 fully saturated rings. The molecule has 3 aromatic carbocycles. The van der Waals surface area contributed by atoms with Crippen molar-refractivity contribution < 1.29 is 28.3 Å². The second-order valence-corrected chi connectivity index (χ2v) is 8.01. The van der Waals surface area contributed by atoms with Gasteiger partial charge in [-0.3, -0.25) is 10.1 Å². The number of rotatable bonds is 6. The van der Waals surface area contributed by atoms with Crippen molar-refractivity contribution in [3.63, 3.8) is 0 Å². The number of pyridine rings is 1. The van der Waals surface area contributed by atoms with E-state index in [0.717, 1.165) is 18.2 Å². The lowest BCUT2D eigenvalue weighted by atomic mass is 9.97. The molecule has 0 aliphatic rings. The van der Waals surface area contributed by atoms with Gasteiger partial charge in [0.2, 0.25) is 5.88 Å². The highest BCUT2D eigenvalue weighted by Gasteiger charge is 2.29. The molecular weight excluding hydrogens is 472 g/mol. The number of fused-ring (bicyclic) bond motifs is 3. The number of hydrogen-bond acceptors (Lipinski definition) is 5. The Morgan fingerprint density at radius 1 is 1.08 bits per heavy atom. The van der Waals surface area contributed by atoms with Crippen molar-refractivity contribution in [3.8, 4) is 17.0 Å². The summed E-state index contributed by atoms with van der Waals surface area (Å²) < 4.78 is 36.6. The van der Waals surface area contributed by atoms with E-state index in [1.54, 1.807) is 36.4 Å². The van der Waals surface area contributed by atoms with Crippen LogP contribution in [0.3, 0.4) is 0 Å². The van der Waals surface area contributed by atoms with E-state index in [9.17, 15) is 24.4 Å². The molecule has 0 spiro atoms. The number of halogens is 2. The molecule has 2 heterocycles. The Balaban J connectivity index is 1.94. The van der Waals surface area contributed by atoms with Crippen LogP contribution in [-0.2, 0) is 6.54 Å². The average molecular weight is 489 g/mol. The van der Waals surface area contributed by atoms with Gasteiger partial charge in [0.05, 0.1) is 24.1 Å². The quantitative estimate of drug-likeness (QED) is 0.239. The minimum Gasteiger partial charge on any atom is -0.481 e. The molecule has 5 aromatic rings. The van der Waals surface area contributed by atoms with Gasteiger partial charge in [-0.25, -0.2) is 18.6 Å². The normalized spacial score (nSPS) is 11.2. The van der Waals surface area contributed by atoms with E-state index in [1.165, 1.54) is 23.9 Å². The molecule has 0 aliphatic heterocycles. The summed E-state index contributed by atoms with van der Waals surface area (Å²) in [6.07, 6.45) is 1.48. The van der Waals surface area contributed by atoms with Crippen LogP contribution in [0.15, 0.2) is 66.9 Å². The monoisotopic (exact) mass is 489 g/mol. The van der Waals surface area contributed by atoms with E-state index in [4.69, 9.17) is 4.74 Å². The van der Waals surface area contributed by atoms with Crippen molar-refractivity contribution >= 4 is 33.3 Å². The topological polar surface area (TPSA) is 107 Å². The number of methoxy groups -OCH3 is 1. The third-order valence-corrected chi connectivity index (χ3v) is 6.03. The Morgan fingerprint density at radius 2 is 1.83 bits per heavy atom. The maximum absolute atomic E-state index is 15.2. The van der Waals surface area contributed by atoms with E-state index >= 15 is 4.39 Å². The number of aromatic carboxylic acids is 1. The Hall–Kier alpha value is -4.86. The molecule has 0 radical (unpaired) electrons. The Kier molecular flexibility index (Phi) is 5.56. The van der Waals surface area contributed by atoms with Crippen LogP contribution in [0.5, 0.6) is 5.88 Å². The smallest absolute Gasteiger partial charge is 0.353 e. The van der Waals surface area contributed by atoms with Crippen molar-refractivity contribution in [2.75, 3.05) is 7.11 Å². The van der Waals surface area contributed by atoms with Gasteiger partial charge in [-0.15, -0.1) is 0 Å². The van der Waals surface area contributed by atoms with Gasteiger partial charge in [0, 0.05) is 45.8 Å². The zero-order chi connectivity index (χ0) is 25.6. The summed E-state index contributed by atoms with van der Waals surface area (Å²) in [6.45, 7) is -0.397. The van der Waals surface area contributed by atoms with Crippen molar-refractivity contribution in [2.24, 2.45) is 0 Å².